The molecule has 0 atom stereocenters. The number of nitrogens with zero attached hydrogens (tertiary/aromatic N) is 3. The van der Waals surface area contributed by atoms with E-state index in [2.05, 4.69) is 41.5 Å². The third-order valence-corrected chi connectivity index (χ3v) is 5.16. The first-order valence-electron chi connectivity index (χ1n) is 9.77. The zero-order chi connectivity index (χ0) is 20.5. The van der Waals surface area contributed by atoms with Crippen molar-refractivity contribution in [1.82, 2.24) is 15.0 Å². The summed E-state index contributed by atoms with van der Waals surface area (Å²) in [5.74, 6) is 0.359. The lowest BCUT2D eigenvalue weighted by Gasteiger charge is -2.09. The van der Waals surface area contributed by atoms with Crippen molar-refractivity contribution in [3.05, 3.63) is 82.9 Å². The molecule has 1 aromatic heterocycles. The molecule has 0 aliphatic carbocycles. The van der Waals surface area contributed by atoms with Gasteiger partial charge in [0.05, 0.1) is 5.69 Å². The number of anilines is 1. The van der Waals surface area contributed by atoms with Crippen LogP contribution in [0.5, 0.6) is 0 Å². The zero-order valence-corrected chi connectivity index (χ0v) is 17.1. The Kier molecular flexibility index (Phi) is 4.89. The molecule has 0 spiro atoms. The Bertz CT molecular complexity index is 1190. The molecule has 1 N–H and O–H groups in total. The van der Waals surface area contributed by atoms with Gasteiger partial charge in [-0.05, 0) is 66.8 Å². The minimum atomic E-state index is -0.123. The lowest BCUT2D eigenvalue weighted by molar-refractivity contribution is 0.102. The molecule has 1 amide bonds. The highest BCUT2D eigenvalue weighted by Gasteiger charge is 2.13. The van der Waals surface area contributed by atoms with E-state index in [1.54, 1.807) is 4.80 Å². The van der Waals surface area contributed by atoms with Crippen LogP contribution in [-0.2, 0) is 0 Å². The molecule has 0 fully saturated rings. The van der Waals surface area contributed by atoms with E-state index >= 15 is 0 Å². The van der Waals surface area contributed by atoms with Gasteiger partial charge >= 0.3 is 0 Å². The molecule has 0 saturated carbocycles. The molecule has 0 saturated heterocycles. The first-order chi connectivity index (χ1) is 13.9. The summed E-state index contributed by atoms with van der Waals surface area (Å²) in [6.07, 6.45) is 0. The molecule has 3 aromatic carbocycles. The maximum Gasteiger partial charge on any atom is 0.255 e. The lowest BCUT2D eigenvalue weighted by Crippen LogP contribution is -2.14. The van der Waals surface area contributed by atoms with E-state index in [9.17, 15) is 4.79 Å². The van der Waals surface area contributed by atoms with E-state index in [-0.39, 0.29) is 5.91 Å². The molecule has 146 valence electrons. The smallest absolute Gasteiger partial charge is 0.255 e. The first-order valence-corrected chi connectivity index (χ1v) is 9.77. The number of fused-ring (bicyclic) bond motifs is 1. The number of rotatable bonds is 4. The van der Waals surface area contributed by atoms with Crippen LogP contribution in [0.15, 0.2) is 60.7 Å². The maximum atomic E-state index is 12.7. The van der Waals surface area contributed by atoms with Gasteiger partial charge in [-0.1, -0.05) is 44.2 Å². The third kappa shape index (κ3) is 3.76. The Morgan fingerprint density at radius 2 is 1.55 bits per heavy atom. The summed E-state index contributed by atoms with van der Waals surface area (Å²) in [5.41, 5.74) is 7.03. The minimum Gasteiger partial charge on any atom is -0.322 e. The van der Waals surface area contributed by atoms with Crippen molar-refractivity contribution in [2.24, 2.45) is 0 Å². The van der Waals surface area contributed by atoms with Gasteiger partial charge in [-0.2, -0.15) is 4.80 Å². The number of carbonyl (C=O) groups excluding carboxylic acids is 1. The van der Waals surface area contributed by atoms with Crippen LogP contribution in [0, 0.1) is 13.8 Å². The normalized spacial score (nSPS) is 11.2. The topological polar surface area (TPSA) is 59.8 Å². The Labute approximate surface area is 170 Å². The second-order valence-electron chi connectivity index (χ2n) is 7.66. The lowest BCUT2D eigenvalue weighted by atomic mass is 10.0. The highest BCUT2D eigenvalue weighted by atomic mass is 16.1. The summed E-state index contributed by atoms with van der Waals surface area (Å²) < 4.78 is 0. The fourth-order valence-corrected chi connectivity index (χ4v) is 3.33. The van der Waals surface area contributed by atoms with Gasteiger partial charge in [-0.3, -0.25) is 4.79 Å². The van der Waals surface area contributed by atoms with Crippen molar-refractivity contribution in [2.45, 2.75) is 33.6 Å². The fourth-order valence-electron chi connectivity index (χ4n) is 3.33. The zero-order valence-electron chi connectivity index (χ0n) is 17.1. The number of amides is 1. The van der Waals surface area contributed by atoms with Gasteiger partial charge in [-0.25, -0.2) is 0 Å². The van der Waals surface area contributed by atoms with Crippen molar-refractivity contribution < 1.29 is 4.79 Å². The van der Waals surface area contributed by atoms with Gasteiger partial charge in [0.1, 0.15) is 11.0 Å². The van der Waals surface area contributed by atoms with Crippen LogP contribution in [-0.4, -0.2) is 20.9 Å². The SMILES string of the molecule is Cc1cc2nn(-c3ccc(C(C)C)cc3)nc2cc1NC(=O)c1ccccc1C. The molecular formula is C24H24N4O. The van der Waals surface area contributed by atoms with Crippen LogP contribution < -0.4 is 5.32 Å². The molecule has 29 heavy (non-hydrogen) atoms. The van der Waals surface area contributed by atoms with Crippen LogP contribution in [0.1, 0.15) is 46.8 Å². The van der Waals surface area contributed by atoms with E-state index in [4.69, 9.17) is 0 Å². The Morgan fingerprint density at radius 1 is 0.897 bits per heavy atom. The molecule has 1 heterocycles. The summed E-state index contributed by atoms with van der Waals surface area (Å²) in [6, 6.07) is 19.7. The summed E-state index contributed by atoms with van der Waals surface area (Å²) in [7, 11) is 0. The number of aromatic nitrogens is 3. The second-order valence-corrected chi connectivity index (χ2v) is 7.66. The van der Waals surface area contributed by atoms with Gasteiger partial charge in [0.2, 0.25) is 0 Å². The van der Waals surface area contributed by atoms with Crippen molar-refractivity contribution in [1.29, 1.82) is 0 Å². The van der Waals surface area contributed by atoms with Crippen molar-refractivity contribution in [2.75, 3.05) is 5.32 Å². The summed E-state index contributed by atoms with van der Waals surface area (Å²) >= 11 is 0. The second kappa shape index (κ2) is 7.51. The Morgan fingerprint density at radius 3 is 2.21 bits per heavy atom. The van der Waals surface area contributed by atoms with Crippen LogP contribution in [0.4, 0.5) is 5.69 Å². The molecule has 0 bridgehead atoms. The number of hydrogen-bond acceptors (Lipinski definition) is 3. The average molecular weight is 384 g/mol. The van der Waals surface area contributed by atoms with E-state index in [1.807, 2.05) is 62.4 Å². The van der Waals surface area contributed by atoms with Gasteiger partial charge in [0.25, 0.3) is 5.91 Å². The molecule has 4 aromatic rings. The predicted molar refractivity (Wildman–Crippen MR) is 117 cm³/mol. The standard InChI is InChI=1S/C24H24N4O/c1-15(2)18-9-11-19(12-10-18)28-26-22-13-17(4)21(14-23(22)27-28)25-24(29)20-8-6-5-7-16(20)3/h5-15H,1-4H3,(H,25,29). The highest BCUT2D eigenvalue weighted by molar-refractivity contribution is 6.06. The fraction of sp³-hybridized carbons (Fsp3) is 0.208. The molecule has 5 nitrogen and oxygen atoms in total. The number of carbonyl (C=O) groups is 1. The maximum absolute atomic E-state index is 12.7. The van der Waals surface area contributed by atoms with Crippen molar-refractivity contribution in [3.8, 4) is 5.69 Å². The number of nitrogens with one attached hydrogen (secondary N) is 1. The minimum absolute atomic E-state index is 0.123. The first kappa shape index (κ1) is 18.9. The van der Waals surface area contributed by atoms with Crippen LogP contribution in [0.25, 0.3) is 16.7 Å². The molecule has 5 heteroatoms. The van der Waals surface area contributed by atoms with Gasteiger partial charge in [0.15, 0.2) is 0 Å². The van der Waals surface area contributed by atoms with Crippen LogP contribution in [0.2, 0.25) is 0 Å². The predicted octanol–water partition coefficient (Wildman–Crippen LogP) is 5.41. The molecule has 0 radical (unpaired) electrons. The Balaban J connectivity index is 1.65. The molecule has 4 rings (SSSR count). The average Bonchev–Trinajstić information content (AvgIpc) is 3.11. The molecular weight excluding hydrogens is 360 g/mol. The van der Waals surface area contributed by atoms with E-state index in [0.29, 0.717) is 11.5 Å². The number of aryl methyl sites for hydroxylation is 2. The van der Waals surface area contributed by atoms with Gasteiger partial charge in [-0.15, -0.1) is 10.2 Å². The van der Waals surface area contributed by atoms with Crippen LogP contribution >= 0.6 is 0 Å². The molecule has 0 aliphatic rings. The number of hydrogen-bond donors (Lipinski definition) is 1. The van der Waals surface area contributed by atoms with Crippen molar-refractivity contribution >= 4 is 22.6 Å². The van der Waals surface area contributed by atoms with Gasteiger partial charge < -0.3 is 5.32 Å². The summed E-state index contributed by atoms with van der Waals surface area (Å²) in [5, 5.41) is 12.2. The quantitative estimate of drug-likeness (QED) is 0.511. The molecule has 0 aliphatic heterocycles. The van der Waals surface area contributed by atoms with Crippen LogP contribution in [0.3, 0.4) is 0 Å². The Hall–Kier alpha value is -3.47. The van der Waals surface area contributed by atoms with E-state index in [0.717, 1.165) is 33.5 Å². The summed E-state index contributed by atoms with van der Waals surface area (Å²) in [4.78, 5) is 14.3. The van der Waals surface area contributed by atoms with E-state index in [1.165, 1.54) is 5.56 Å². The highest BCUT2D eigenvalue weighted by Crippen LogP contribution is 2.24. The van der Waals surface area contributed by atoms with Gasteiger partial charge in [0, 0.05) is 11.3 Å². The van der Waals surface area contributed by atoms with Crippen molar-refractivity contribution in [3.63, 3.8) is 0 Å². The molecule has 0 unspecified atom stereocenters. The monoisotopic (exact) mass is 384 g/mol. The largest absolute Gasteiger partial charge is 0.322 e. The van der Waals surface area contributed by atoms with E-state index < -0.39 is 0 Å². The number of benzene rings is 3. The third-order valence-electron chi connectivity index (χ3n) is 5.16. The summed E-state index contributed by atoms with van der Waals surface area (Å²) in [6.45, 7) is 8.24.